The van der Waals surface area contributed by atoms with Gasteiger partial charge < -0.3 is 5.32 Å². The summed E-state index contributed by atoms with van der Waals surface area (Å²) in [5.74, 6) is 0.630. The van der Waals surface area contributed by atoms with E-state index in [0.717, 1.165) is 51.6 Å². The van der Waals surface area contributed by atoms with Crippen LogP contribution in [-0.2, 0) is 10.2 Å². The van der Waals surface area contributed by atoms with Gasteiger partial charge in [0.2, 0.25) is 0 Å². The van der Waals surface area contributed by atoms with Gasteiger partial charge in [0.05, 0.1) is 0 Å². The topological polar surface area (TPSA) is 52.7 Å². The second-order valence-corrected chi connectivity index (χ2v) is 7.90. The molecule has 0 amide bonds. The molecule has 5 nitrogen and oxygen atoms in total. The third-order valence-electron chi connectivity index (χ3n) is 4.47. The third-order valence-corrected chi connectivity index (χ3v) is 6.51. The Morgan fingerprint density at radius 3 is 2.05 bits per heavy atom. The average Bonchev–Trinajstić information content (AvgIpc) is 2.75. The Morgan fingerprint density at radius 2 is 1.50 bits per heavy atom. The van der Waals surface area contributed by atoms with Gasteiger partial charge in [0.15, 0.2) is 0 Å². The summed E-state index contributed by atoms with van der Waals surface area (Å²) in [6.07, 6.45) is 6.32. The van der Waals surface area contributed by atoms with Crippen molar-refractivity contribution in [3.8, 4) is 0 Å². The molecule has 0 aromatic rings. The summed E-state index contributed by atoms with van der Waals surface area (Å²) in [6.45, 7) is 6.92. The van der Waals surface area contributed by atoms with Gasteiger partial charge in [-0.2, -0.15) is 17.0 Å². The first-order chi connectivity index (χ1) is 9.64. The number of nitrogens with zero attached hydrogens (tertiary/aromatic N) is 2. The second-order valence-electron chi connectivity index (χ2n) is 5.97. The summed E-state index contributed by atoms with van der Waals surface area (Å²) in [4.78, 5) is 0. The van der Waals surface area contributed by atoms with Crippen molar-refractivity contribution in [2.75, 3.05) is 39.3 Å². The lowest BCUT2D eigenvalue weighted by atomic mass is 9.98. The molecule has 6 heteroatoms. The SMILES string of the molecule is CCNCC1CCN(S(=O)(=O)N2CCCCCC2)CC1. The van der Waals surface area contributed by atoms with Crippen LogP contribution in [0.25, 0.3) is 0 Å². The zero-order valence-electron chi connectivity index (χ0n) is 12.7. The van der Waals surface area contributed by atoms with Crippen LogP contribution in [0.4, 0.5) is 0 Å². The average molecular weight is 303 g/mol. The third kappa shape index (κ3) is 4.16. The van der Waals surface area contributed by atoms with E-state index >= 15 is 0 Å². The molecule has 2 aliphatic heterocycles. The van der Waals surface area contributed by atoms with Crippen molar-refractivity contribution in [1.29, 1.82) is 0 Å². The van der Waals surface area contributed by atoms with E-state index in [1.165, 1.54) is 0 Å². The Morgan fingerprint density at radius 1 is 0.950 bits per heavy atom. The van der Waals surface area contributed by atoms with Crippen molar-refractivity contribution in [3.63, 3.8) is 0 Å². The Hall–Kier alpha value is -0.170. The Labute approximate surface area is 123 Å². The van der Waals surface area contributed by atoms with Gasteiger partial charge in [-0.25, -0.2) is 0 Å². The highest BCUT2D eigenvalue weighted by Gasteiger charge is 2.32. The van der Waals surface area contributed by atoms with Gasteiger partial charge in [-0.3, -0.25) is 0 Å². The first-order valence-electron chi connectivity index (χ1n) is 8.10. The van der Waals surface area contributed by atoms with E-state index < -0.39 is 10.2 Å². The monoisotopic (exact) mass is 303 g/mol. The maximum Gasteiger partial charge on any atom is 0.281 e. The molecule has 118 valence electrons. The Kier molecular flexibility index (Phi) is 6.26. The summed E-state index contributed by atoms with van der Waals surface area (Å²) >= 11 is 0. The summed E-state index contributed by atoms with van der Waals surface area (Å²) in [5.41, 5.74) is 0. The van der Waals surface area contributed by atoms with E-state index in [0.29, 0.717) is 32.1 Å². The molecular weight excluding hydrogens is 274 g/mol. The molecule has 0 atom stereocenters. The molecule has 2 heterocycles. The van der Waals surface area contributed by atoms with Crippen LogP contribution in [-0.4, -0.2) is 56.3 Å². The summed E-state index contributed by atoms with van der Waals surface area (Å²) < 4.78 is 28.7. The van der Waals surface area contributed by atoms with Crippen LogP contribution < -0.4 is 5.32 Å². The van der Waals surface area contributed by atoms with Crippen LogP contribution in [0.1, 0.15) is 45.4 Å². The lowest BCUT2D eigenvalue weighted by molar-refractivity contribution is 0.250. The minimum absolute atomic E-state index is 0.630. The number of rotatable bonds is 5. The molecule has 0 saturated carbocycles. The van der Waals surface area contributed by atoms with E-state index in [1.807, 2.05) is 0 Å². The van der Waals surface area contributed by atoms with Crippen molar-refractivity contribution < 1.29 is 8.42 Å². The molecule has 0 aromatic heterocycles. The Bertz CT molecular complexity index is 370. The lowest BCUT2D eigenvalue weighted by Gasteiger charge is -2.34. The highest BCUT2D eigenvalue weighted by atomic mass is 32.2. The molecule has 20 heavy (non-hydrogen) atoms. The molecule has 0 spiro atoms. The lowest BCUT2D eigenvalue weighted by Crippen LogP contribution is -2.48. The molecule has 0 unspecified atom stereocenters. The highest BCUT2D eigenvalue weighted by Crippen LogP contribution is 2.22. The predicted octanol–water partition coefficient (Wildman–Crippen LogP) is 1.43. The van der Waals surface area contributed by atoms with Crippen molar-refractivity contribution in [1.82, 2.24) is 13.9 Å². The fourth-order valence-corrected chi connectivity index (χ4v) is 4.85. The van der Waals surface area contributed by atoms with Gasteiger partial charge in [0.25, 0.3) is 10.2 Å². The van der Waals surface area contributed by atoms with E-state index in [1.54, 1.807) is 8.61 Å². The molecule has 0 radical (unpaired) electrons. The van der Waals surface area contributed by atoms with E-state index in [4.69, 9.17) is 0 Å². The molecule has 2 rings (SSSR count). The fraction of sp³-hybridized carbons (Fsp3) is 1.00. The largest absolute Gasteiger partial charge is 0.317 e. The van der Waals surface area contributed by atoms with Gasteiger partial charge >= 0.3 is 0 Å². The zero-order valence-corrected chi connectivity index (χ0v) is 13.5. The molecule has 0 aromatic carbocycles. The smallest absolute Gasteiger partial charge is 0.281 e. The van der Waals surface area contributed by atoms with Crippen molar-refractivity contribution in [2.45, 2.75) is 45.4 Å². The molecular formula is C14H29N3O2S. The van der Waals surface area contributed by atoms with Crippen molar-refractivity contribution in [2.24, 2.45) is 5.92 Å². The molecule has 2 aliphatic rings. The number of nitrogens with one attached hydrogen (secondary N) is 1. The molecule has 1 N–H and O–H groups in total. The first-order valence-corrected chi connectivity index (χ1v) is 9.50. The van der Waals surface area contributed by atoms with Gasteiger partial charge in [-0.15, -0.1) is 0 Å². The van der Waals surface area contributed by atoms with Gasteiger partial charge in [0, 0.05) is 26.2 Å². The maximum atomic E-state index is 12.7. The summed E-state index contributed by atoms with van der Waals surface area (Å²) in [5, 5.41) is 3.36. The van der Waals surface area contributed by atoms with E-state index in [9.17, 15) is 8.42 Å². The normalized spacial score (nSPS) is 24.6. The number of piperidine rings is 1. The predicted molar refractivity (Wildman–Crippen MR) is 81.8 cm³/mol. The van der Waals surface area contributed by atoms with Crippen LogP contribution in [0.3, 0.4) is 0 Å². The molecule has 0 bridgehead atoms. The Balaban J connectivity index is 1.87. The zero-order chi connectivity index (χ0) is 14.4. The van der Waals surface area contributed by atoms with Crippen molar-refractivity contribution in [3.05, 3.63) is 0 Å². The quantitative estimate of drug-likeness (QED) is 0.836. The van der Waals surface area contributed by atoms with Crippen LogP contribution in [0.2, 0.25) is 0 Å². The van der Waals surface area contributed by atoms with Crippen LogP contribution >= 0.6 is 0 Å². The van der Waals surface area contributed by atoms with E-state index in [2.05, 4.69) is 12.2 Å². The van der Waals surface area contributed by atoms with Gasteiger partial charge in [-0.05, 0) is 44.7 Å². The highest BCUT2D eigenvalue weighted by molar-refractivity contribution is 7.86. The summed E-state index contributed by atoms with van der Waals surface area (Å²) in [7, 11) is -3.21. The van der Waals surface area contributed by atoms with Gasteiger partial charge in [0.1, 0.15) is 0 Å². The first kappa shape index (κ1) is 16.2. The molecule has 2 saturated heterocycles. The standard InChI is InChI=1S/C14H29N3O2S/c1-2-15-13-14-7-11-17(12-8-14)20(18,19)16-9-5-3-4-6-10-16/h14-15H,2-13H2,1H3. The minimum Gasteiger partial charge on any atom is -0.317 e. The van der Waals surface area contributed by atoms with Gasteiger partial charge in [-0.1, -0.05) is 19.8 Å². The van der Waals surface area contributed by atoms with Crippen molar-refractivity contribution >= 4 is 10.2 Å². The van der Waals surface area contributed by atoms with E-state index in [-0.39, 0.29) is 0 Å². The fourth-order valence-electron chi connectivity index (χ4n) is 3.13. The van der Waals surface area contributed by atoms with Crippen LogP contribution in [0.5, 0.6) is 0 Å². The second kappa shape index (κ2) is 7.73. The minimum atomic E-state index is -3.21. The summed E-state index contributed by atoms with van der Waals surface area (Å²) in [6, 6.07) is 0. The number of hydrogen-bond donors (Lipinski definition) is 1. The number of hydrogen-bond acceptors (Lipinski definition) is 3. The molecule has 2 fully saturated rings. The van der Waals surface area contributed by atoms with Crippen LogP contribution in [0, 0.1) is 5.92 Å². The molecule has 0 aliphatic carbocycles. The van der Waals surface area contributed by atoms with Crippen LogP contribution in [0.15, 0.2) is 0 Å². The maximum absolute atomic E-state index is 12.7.